The minimum Gasteiger partial charge on any atom is -0.491 e. The zero-order valence-corrected chi connectivity index (χ0v) is 23.8. The molecule has 0 aliphatic heterocycles. The Balaban J connectivity index is 1.28. The fraction of sp³-hybridized carbons (Fsp3) is 0.314. The molecule has 1 saturated carbocycles. The highest BCUT2D eigenvalue weighted by atomic mass is 35.5. The van der Waals surface area contributed by atoms with Gasteiger partial charge in [0.15, 0.2) is 0 Å². The minimum atomic E-state index is -1.03. The summed E-state index contributed by atoms with van der Waals surface area (Å²) >= 11 is 6.22. The smallest absolute Gasteiger partial charge is 0.329 e. The summed E-state index contributed by atoms with van der Waals surface area (Å²) in [4.78, 5) is 17.0. The molecule has 5 nitrogen and oxygen atoms in total. The van der Waals surface area contributed by atoms with Crippen molar-refractivity contribution in [3.63, 3.8) is 0 Å². The van der Waals surface area contributed by atoms with Crippen molar-refractivity contribution in [2.24, 2.45) is 5.92 Å². The topological polar surface area (TPSA) is 71.5 Å². The maximum absolute atomic E-state index is 12.8. The van der Waals surface area contributed by atoms with Gasteiger partial charge in [-0.1, -0.05) is 72.3 Å². The van der Waals surface area contributed by atoms with E-state index in [-0.39, 0.29) is 11.3 Å². The van der Waals surface area contributed by atoms with Crippen LogP contribution in [0.3, 0.4) is 0 Å². The number of nitrogens with one attached hydrogen (secondary N) is 1. The van der Waals surface area contributed by atoms with E-state index in [0.717, 1.165) is 37.1 Å². The molecule has 2 aliphatic carbocycles. The third kappa shape index (κ3) is 5.56. The first kappa shape index (κ1) is 27.3. The summed E-state index contributed by atoms with van der Waals surface area (Å²) in [5.41, 5.74) is 3.69. The van der Waals surface area contributed by atoms with Gasteiger partial charge in [-0.05, 0) is 96.9 Å². The molecule has 1 aromatic heterocycles. The number of hydrogen-bond acceptors (Lipinski definition) is 4. The van der Waals surface area contributed by atoms with E-state index in [9.17, 15) is 9.90 Å². The van der Waals surface area contributed by atoms with Crippen molar-refractivity contribution in [3.05, 3.63) is 125 Å². The molecular weight excluding hydrogens is 532 g/mol. The monoisotopic (exact) mass is 566 g/mol. The summed E-state index contributed by atoms with van der Waals surface area (Å²) < 4.78 is 6.27. The number of benzene rings is 3. The van der Waals surface area contributed by atoms with Crippen molar-refractivity contribution < 1.29 is 14.6 Å². The first-order valence-corrected chi connectivity index (χ1v) is 14.8. The molecule has 0 bridgehead atoms. The Morgan fingerprint density at radius 3 is 2.49 bits per heavy atom. The Morgan fingerprint density at radius 2 is 1.76 bits per heavy atom. The van der Waals surface area contributed by atoms with Crippen LogP contribution in [0.5, 0.6) is 5.75 Å². The van der Waals surface area contributed by atoms with E-state index in [1.807, 2.05) is 24.3 Å². The van der Waals surface area contributed by atoms with E-state index < -0.39 is 11.5 Å². The van der Waals surface area contributed by atoms with Gasteiger partial charge in [0.25, 0.3) is 0 Å². The first-order valence-electron chi connectivity index (χ1n) is 14.4. The Labute approximate surface area is 246 Å². The fourth-order valence-electron chi connectivity index (χ4n) is 7.21. The number of pyridine rings is 1. The largest absolute Gasteiger partial charge is 0.491 e. The SMILES string of the molecule is O=C(O)C1(Nc2cccc(Cl)c2)CCC2(CC1)c1ccccc1CC2C[C@@H](COc1cccnc1)c1ccccc1. The van der Waals surface area contributed by atoms with E-state index in [1.54, 1.807) is 24.5 Å². The predicted molar refractivity (Wildman–Crippen MR) is 163 cm³/mol. The zero-order chi connectivity index (χ0) is 28.3. The molecule has 1 fully saturated rings. The highest BCUT2D eigenvalue weighted by molar-refractivity contribution is 6.30. The number of anilines is 1. The molecule has 6 heteroatoms. The summed E-state index contributed by atoms with van der Waals surface area (Å²) in [5, 5.41) is 14.4. The average molecular weight is 567 g/mol. The van der Waals surface area contributed by atoms with Crippen molar-refractivity contribution in [1.29, 1.82) is 0 Å². The normalized spacial score (nSPS) is 24.0. The number of carboxylic acid groups (broad SMARTS) is 1. The number of halogens is 1. The lowest BCUT2D eigenvalue weighted by molar-refractivity contribution is -0.144. The lowest BCUT2D eigenvalue weighted by atomic mass is 9.59. The van der Waals surface area contributed by atoms with Crippen LogP contribution in [-0.2, 0) is 16.6 Å². The van der Waals surface area contributed by atoms with E-state index in [1.165, 1.54) is 16.7 Å². The minimum absolute atomic E-state index is 0.0765. The standard InChI is InChI=1S/C35H35ClN2O3/c36-29-11-6-12-30(22-29)38-35(33(39)40)17-15-34(16-18-35)28(20-26-10-4-5-14-32(26)34)21-27(25-8-2-1-3-9-25)24-41-31-13-7-19-37-23-31/h1-14,19,22-23,27-28,38H,15-18,20-21,24H2,(H,39,40)/t27-,28?,34?,35?/m0/s1. The van der Waals surface area contributed by atoms with Gasteiger partial charge in [-0.3, -0.25) is 4.98 Å². The quantitative estimate of drug-likeness (QED) is 0.215. The second kappa shape index (κ2) is 11.6. The van der Waals surface area contributed by atoms with Crippen LogP contribution in [-0.4, -0.2) is 28.2 Å². The Bertz CT molecular complexity index is 1490. The van der Waals surface area contributed by atoms with Crippen LogP contribution in [0.1, 0.15) is 54.7 Å². The number of nitrogens with zero attached hydrogens (tertiary/aromatic N) is 1. The van der Waals surface area contributed by atoms with Gasteiger partial charge in [0.05, 0.1) is 12.8 Å². The summed E-state index contributed by atoms with van der Waals surface area (Å²) in [7, 11) is 0. The van der Waals surface area contributed by atoms with Crippen LogP contribution >= 0.6 is 11.6 Å². The second-order valence-electron chi connectivity index (χ2n) is 11.6. The first-order chi connectivity index (χ1) is 20.0. The van der Waals surface area contributed by atoms with Crippen molar-refractivity contribution in [2.45, 2.75) is 55.4 Å². The predicted octanol–water partition coefficient (Wildman–Crippen LogP) is 7.91. The van der Waals surface area contributed by atoms with Gasteiger partial charge in [-0.15, -0.1) is 0 Å². The number of ether oxygens (including phenoxy) is 1. The van der Waals surface area contributed by atoms with Gasteiger partial charge >= 0.3 is 5.97 Å². The highest BCUT2D eigenvalue weighted by Gasteiger charge is 2.54. The van der Waals surface area contributed by atoms with Crippen LogP contribution in [0, 0.1) is 5.92 Å². The Hall–Kier alpha value is -3.83. The third-order valence-corrected chi connectivity index (χ3v) is 9.58. The number of aromatic nitrogens is 1. The van der Waals surface area contributed by atoms with E-state index in [2.05, 4.69) is 64.9 Å². The van der Waals surface area contributed by atoms with Crippen LogP contribution in [0.4, 0.5) is 5.69 Å². The maximum atomic E-state index is 12.8. The lowest BCUT2D eigenvalue weighted by Gasteiger charge is -2.47. The molecule has 41 heavy (non-hydrogen) atoms. The number of carboxylic acids is 1. The van der Waals surface area contributed by atoms with Gasteiger partial charge in [0, 0.05) is 22.8 Å². The molecule has 1 unspecified atom stereocenters. The van der Waals surface area contributed by atoms with Crippen LogP contribution < -0.4 is 10.1 Å². The van der Waals surface area contributed by atoms with Crippen LogP contribution in [0.25, 0.3) is 0 Å². The third-order valence-electron chi connectivity index (χ3n) is 9.34. The fourth-order valence-corrected chi connectivity index (χ4v) is 7.40. The molecule has 3 aromatic carbocycles. The molecule has 0 saturated heterocycles. The van der Waals surface area contributed by atoms with Gasteiger partial charge in [-0.2, -0.15) is 0 Å². The average Bonchev–Trinajstić information content (AvgIpc) is 3.30. The van der Waals surface area contributed by atoms with E-state index in [0.29, 0.717) is 30.4 Å². The molecule has 2 atom stereocenters. The lowest BCUT2D eigenvalue weighted by Crippen LogP contribution is -2.53. The Kier molecular flexibility index (Phi) is 7.72. The van der Waals surface area contributed by atoms with Crippen molar-refractivity contribution in [1.82, 2.24) is 4.98 Å². The van der Waals surface area contributed by atoms with Crippen LogP contribution in [0.15, 0.2) is 103 Å². The number of carbonyl (C=O) groups is 1. The summed E-state index contributed by atoms with van der Waals surface area (Å²) in [6.45, 7) is 0.564. The molecule has 2 aliphatic rings. The number of aliphatic carboxylic acids is 1. The molecule has 6 rings (SSSR count). The van der Waals surface area contributed by atoms with E-state index in [4.69, 9.17) is 16.3 Å². The molecule has 0 amide bonds. The summed E-state index contributed by atoms with van der Waals surface area (Å²) in [6.07, 6.45) is 8.16. The molecule has 1 heterocycles. The van der Waals surface area contributed by atoms with Crippen molar-refractivity contribution in [2.75, 3.05) is 11.9 Å². The molecule has 1 spiro atoms. The molecule has 2 N–H and O–H groups in total. The highest BCUT2D eigenvalue weighted by Crippen LogP contribution is 2.56. The van der Waals surface area contributed by atoms with Gasteiger partial charge in [0.1, 0.15) is 11.3 Å². The second-order valence-corrected chi connectivity index (χ2v) is 12.0. The van der Waals surface area contributed by atoms with Crippen molar-refractivity contribution in [3.8, 4) is 5.75 Å². The summed E-state index contributed by atoms with van der Waals surface area (Å²) in [5.74, 6) is 0.542. The van der Waals surface area contributed by atoms with Crippen LogP contribution in [0.2, 0.25) is 5.02 Å². The van der Waals surface area contributed by atoms with Gasteiger partial charge in [0.2, 0.25) is 0 Å². The van der Waals surface area contributed by atoms with Gasteiger partial charge < -0.3 is 15.2 Å². The summed E-state index contributed by atoms with van der Waals surface area (Å²) in [6, 6.07) is 30.6. The number of hydrogen-bond donors (Lipinski definition) is 2. The molecule has 0 radical (unpaired) electrons. The zero-order valence-electron chi connectivity index (χ0n) is 23.0. The molecule has 4 aromatic rings. The molecular formula is C35H35ClN2O3. The molecule has 210 valence electrons. The van der Waals surface area contributed by atoms with E-state index >= 15 is 0 Å². The number of fused-ring (bicyclic) bond motifs is 2. The number of rotatable bonds is 9. The van der Waals surface area contributed by atoms with Gasteiger partial charge in [-0.25, -0.2) is 4.79 Å². The van der Waals surface area contributed by atoms with Crippen molar-refractivity contribution >= 4 is 23.3 Å². The Morgan fingerprint density at radius 1 is 0.976 bits per heavy atom. The maximum Gasteiger partial charge on any atom is 0.329 e.